The molecule has 0 fully saturated rings. The van der Waals surface area contributed by atoms with Gasteiger partial charge in [-0.15, -0.1) is 11.3 Å². The number of nitrogens with zero attached hydrogens (tertiary/aromatic N) is 4. The van der Waals surface area contributed by atoms with Crippen molar-refractivity contribution in [3.63, 3.8) is 0 Å². The Balaban J connectivity index is 1.17. The minimum absolute atomic E-state index is 0.708. The summed E-state index contributed by atoms with van der Waals surface area (Å²) in [4.78, 5) is 10.5. The SMILES string of the molecule is c1ccc(-c2ccc(-n3c4ccccc4c4ccccc43)c(-c3ncc4sc5ccc(-n6c7ccccc7c7ccccc76)cc5c4n3)c2)cc1. The molecule has 4 heterocycles. The molecule has 0 unspecified atom stereocenters. The van der Waals surface area contributed by atoms with Gasteiger partial charge in [0.2, 0.25) is 0 Å². The lowest BCUT2D eigenvalue weighted by atomic mass is 10.0. The molecule has 0 aliphatic heterocycles. The number of hydrogen-bond donors (Lipinski definition) is 0. The summed E-state index contributed by atoms with van der Waals surface area (Å²) in [6.07, 6.45) is 2.01. The van der Waals surface area contributed by atoms with Gasteiger partial charge in [0.25, 0.3) is 0 Å². The van der Waals surface area contributed by atoms with Gasteiger partial charge < -0.3 is 9.13 Å². The second kappa shape index (κ2) is 11.0. The summed E-state index contributed by atoms with van der Waals surface area (Å²) in [6, 6.07) is 58.6. The minimum Gasteiger partial charge on any atom is -0.309 e. The van der Waals surface area contributed by atoms with Gasteiger partial charge in [0, 0.05) is 49.1 Å². The summed E-state index contributed by atoms with van der Waals surface area (Å²) in [5.41, 5.74) is 11.1. The van der Waals surface area contributed by atoms with E-state index >= 15 is 0 Å². The molecule has 5 heteroatoms. The van der Waals surface area contributed by atoms with Gasteiger partial charge in [-0.25, -0.2) is 9.97 Å². The third kappa shape index (κ3) is 4.25. The van der Waals surface area contributed by atoms with Crippen molar-refractivity contribution in [3.8, 4) is 33.9 Å². The van der Waals surface area contributed by atoms with Gasteiger partial charge in [-0.3, -0.25) is 0 Å². The highest BCUT2D eigenvalue weighted by atomic mass is 32.1. The molecule has 11 aromatic rings. The van der Waals surface area contributed by atoms with Gasteiger partial charge in [0.1, 0.15) is 0 Å². The van der Waals surface area contributed by atoms with E-state index in [9.17, 15) is 0 Å². The Morgan fingerprint density at radius 3 is 1.63 bits per heavy atom. The zero-order valence-electron chi connectivity index (χ0n) is 27.4. The zero-order chi connectivity index (χ0) is 33.5. The van der Waals surface area contributed by atoms with Crippen LogP contribution >= 0.6 is 11.3 Å². The molecule has 0 atom stereocenters. The van der Waals surface area contributed by atoms with Crippen LogP contribution in [-0.2, 0) is 0 Å². The van der Waals surface area contributed by atoms with Crippen LogP contribution in [-0.4, -0.2) is 19.1 Å². The Morgan fingerprint density at radius 1 is 0.431 bits per heavy atom. The first-order valence-electron chi connectivity index (χ1n) is 17.2. The van der Waals surface area contributed by atoms with Gasteiger partial charge in [0.15, 0.2) is 5.82 Å². The normalized spacial score (nSPS) is 11.9. The molecule has 51 heavy (non-hydrogen) atoms. The van der Waals surface area contributed by atoms with Gasteiger partial charge in [-0.2, -0.15) is 0 Å². The van der Waals surface area contributed by atoms with Gasteiger partial charge >= 0.3 is 0 Å². The van der Waals surface area contributed by atoms with Crippen molar-refractivity contribution in [2.24, 2.45) is 0 Å². The number of fused-ring (bicyclic) bond motifs is 9. The molecule has 4 aromatic heterocycles. The fourth-order valence-electron chi connectivity index (χ4n) is 7.92. The fourth-order valence-corrected chi connectivity index (χ4v) is 8.92. The number of thiophene rings is 1. The molecular weight excluding hydrogens is 641 g/mol. The quantitative estimate of drug-likeness (QED) is 0.187. The summed E-state index contributed by atoms with van der Waals surface area (Å²) >= 11 is 1.75. The Labute approximate surface area is 297 Å². The molecule has 0 aliphatic carbocycles. The number of aromatic nitrogens is 4. The average molecular weight is 669 g/mol. The van der Waals surface area contributed by atoms with E-state index in [4.69, 9.17) is 9.97 Å². The molecule has 0 spiro atoms. The average Bonchev–Trinajstić information content (AvgIpc) is 3.85. The Kier molecular flexibility index (Phi) is 6.09. The smallest absolute Gasteiger partial charge is 0.162 e. The van der Waals surface area contributed by atoms with Crippen molar-refractivity contribution in [2.75, 3.05) is 0 Å². The standard InChI is InChI=1S/C46H28N4S/c1-2-12-29(13-3-1)30-22-24-42(50-40-20-10-6-16-34(40)35-17-7-11-21-41(35)50)36(26-30)46-47-28-44-45(48-46)37-27-31(23-25-43(37)51-44)49-38-18-8-4-14-32(38)33-15-5-9-19-39(33)49/h1-28H. The van der Waals surface area contributed by atoms with E-state index in [1.807, 2.05) is 6.20 Å². The maximum absolute atomic E-state index is 5.42. The summed E-state index contributed by atoms with van der Waals surface area (Å²) < 4.78 is 7.01. The molecule has 0 amide bonds. The maximum atomic E-state index is 5.42. The third-order valence-electron chi connectivity index (χ3n) is 10.2. The molecule has 0 saturated carbocycles. The van der Waals surface area contributed by atoms with Crippen LogP contribution in [0.3, 0.4) is 0 Å². The largest absolute Gasteiger partial charge is 0.309 e. The van der Waals surface area contributed by atoms with Crippen LogP contribution in [0, 0.1) is 0 Å². The Bertz CT molecular complexity index is 3040. The number of hydrogen-bond acceptors (Lipinski definition) is 3. The molecule has 0 N–H and O–H groups in total. The summed E-state index contributed by atoms with van der Waals surface area (Å²) in [5.74, 6) is 0.708. The van der Waals surface area contributed by atoms with Crippen molar-refractivity contribution in [3.05, 3.63) is 170 Å². The molecular formula is C46H28N4S. The number of benzene rings is 7. The summed E-state index contributed by atoms with van der Waals surface area (Å²) in [7, 11) is 0. The highest BCUT2D eigenvalue weighted by Gasteiger charge is 2.20. The monoisotopic (exact) mass is 668 g/mol. The molecule has 7 aromatic carbocycles. The number of rotatable bonds is 4. The first kappa shape index (κ1) is 28.3. The van der Waals surface area contributed by atoms with Gasteiger partial charge in [-0.1, -0.05) is 109 Å². The predicted octanol–water partition coefficient (Wildman–Crippen LogP) is 12.4. The van der Waals surface area contributed by atoms with Crippen LogP contribution < -0.4 is 0 Å². The van der Waals surface area contributed by atoms with Gasteiger partial charge in [-0.05, 0) is 65.7 Å². The van der Waals surface area contributed by atoms with Gasteiger partial charge in [0.05, 0.1) is 38.0 Å². The van der Waals surface area contributed by atoms with E-state index in [1.54, 1.807) is 11.3 Å². The van der Waals surface area contributed by atoms with E-state index in [-0.39, 0.29) is 0 Å². The second-order valence-corrected chi connectivity index (χ2v) is 14.1. The predicted molar refractivity (Wildman–Crippen MR) is 214 cm³/mol. The Morgan fingerprint density at radius 2 is 1.00 bits per heavy atom. The molecule has 0 saturated heterocycles. The van der Waals surface area contributed by atoms with Crippen LogP contribution in [0.15, 0.2) is 170 Å². The number of para-hydroxylation sites is 4. The van der Waals surface area contributed by atoms with Crippen LogP contribution in [0.2, 0.25) is 0 Å². The lowest BCUT2D eigenvalue weighted by molar-refractivity contribution is 1.15. The second-order valence-electron chi connectivity index (χ2n) is 13.0. The van der Waals surface area contributed by atoms with Crippen molar-refractivity contribution >= 4 is 75.3 Å². The van der Waals surface area contributed by atoms with Crippen LogP contribution in [0.25, 0.3) is 97.8 Å². The summed E-state index contributed by atoms with van der Waals surface area (Å²) in [6.45, 7) is 0. The minimum atomic E-state index is 0.708. The van der Waals surface area contributed by atoms with Crippen molar-refractivity contribution in [2.45, 2.75) is 0 Å². The van der Waals surface area contributed by atoms with Crippen LogP contribution in [0.5, 0.6) is 0 Å². The first-order valence-corrected chi connectivity index (χ1v) is 18.0. The fraction of sp³-hybridized carbons (Fsp3) is 0. The van der Waals surface area contributed by atoms with Crippen molar-refractivity contribution < 1.29 is 0 Å². The van der Waals surface area contributed by atoms with Crippen molar-refractivity contribution in [1.82, 2.24) is 19.1 Å². The van der Waals surface area contributed by atoms with E-state index in [0.29, 0.717) is 5.82 Å². The van der Waals surface area contributed by atoms with E-state index in [2.05, 4.69) is 173 Å². The molecule has 0 radical (unpaired) electrons. The van der Waals surface area contributed by atoms with Crippen molar-refractivity contribution in [1.29, 1.82) is 0 Å². The first-order chi connectivity index (χ1) is 25.3. The molecule has 0 bridgehead atoms. The highest BCUT2D eigenvalue weighted by molar-refractivity contribution is 7.25. The van der Waals surface area contributed by atoms with Crippen LogP contribution in [0.1, 0.15) is 0 Å². The maximum Gasteiger partial charge on any atom is 0.162 e. The third-order valence-corrected chi connectivity index (χ3v) is 11.3. The molecule has 11 rings (SSSR count). The van der Waals surface area contributed by atoms with E-state index < -0.39 is 0 Å². The molecule has 4 nitrogen and oxygen atoms in total. The van der Waals surface area contributed by atoms with Crippen LogP contribution in [0.4, 0.5) is 0 Å². The van der Waals surface area contributed by atoms with E-state index in [1.165, 1.54) is 37.3 Å². The highest BCUT2D eigenvalue weighted by Crippen LogP contribution is 2.40. The lowest BCUT2D eigenvalue weighted by Crippen LogP contribution is -2.00. The molecule has 238 valence electrons. The zero-order valence-corrected chi connectivity index (χ0v) is 28.2. The Hall–Kier alpha value is -6.56. The summed E-state index contributed by atoms with van der Waals surface area (Å²) in [5, 5.41) is 6.09. The topological polar surface area (TPSA) is 35.6 Å². The lowest BCUT2D eigenvalue weighted by Gasteiger charge is -2.15. The molecule has 0 aliphatic rings. The van der Waals surface area contributed by atoms with E-state index in [0.717, 1.165) is 54.7 Å².